The number of hydrogen-bond acceptors (Lipinski definition) is 4. The van der Waals surface area contributed by atoms with E-state index in [0.717, 1.165) is 25.2 Å². The van der Waals surface area contributed by atoms with Crippen LogP contribution in [0.3, 0.4) is 0 Å². The number of aliphatic hydroxyl groups excluding tert-OH is 1. The maximum absolute atomic E-state index is 8.53. The Labute approximate surface area is 78.0 Å². The van der Waals surface area contributed by atoms with E-state index in [4.69, 9.17) is 5.11 Å². The molecular formula is C9H15N3O. The number of hydrogen-bond donors (Lipinski definition) is 2. The molecule has 72 valence electrons. The lowest BCUT2D eigenvalue weighted by Crippen LogP contribution is -2.16. The summed E-state index contributed by atoms with van der Waals surface area (Å²) in [7, 11) is 0. The van der Waals surface area contributed by atoms with Gasteiger partial charge in [-0.05, 0) is 25.5 Å². The van der Waals surface area contributed by atoms with Crippen LogP contribution in [-0.4, -0.2) is 28.2 Å². The maximum Gasteiger partial charge on any atom is 0.141 e. The van der Waals surface area contributed by atoms with Crippen LogP contribution < -0.4 is 5.32 Å². The molecule has 0 bridgehead atoms. The van der Waals surface area contributed by atoms with Crippen LogP contribution in [0.1, 0.15) is 18.7 Å². The molecule has 4 nitrogen and oxygen atoms in total. The molecule has 1 aromatic rings. The Morgan fingerprint density at radius 3 is 2.69 bits per heavy atom. The first-order chi connectivity index (χ1) is 6.43. The zero-order valence-corrected chi connectivity index (χ0v) is 7.61. The van der Waals surface area contributed by atoms with E-state index >= 15 is 0 Å². The summed E-state index contributed by atoms with van der Waals surface area (Å²) >= 11 is 0. The van der Waals surface area contributed by atoms with Crippen molar-refractivity contribution in [2.75, 3.05) is 13.2 Å². The molecule has 0 unspecified atom stereocenters. The second-order valence-electron chi connectivity index (χ2n) is 2.77. The molecule has 0 aliphatic heterocycles. The molecule has 0 saturated heterocycles. The van der Waals surface area contributed by atoms with E-state index in [1.165, 1.54) is 0 Å². The molecule has 0 aliphatic carbocycles. The van der Waals surface area contributed by atoms with Crippen LogP contribution in [0.5, 0.6) is 0 Å². The first-order valence-corrected chi connectivity index (χ1v) is 4.51. The molecule has 0 amide bonds. The molecule has 2 N–H and O–H groups in total. The van der Waals surface area contributed by atoms with Crippen LogP contribution in [0.4, 0.5) is 0 Å². The lowest BCUT2D eigenvalue weighted by atomic mass is 10.3. The molecule has 0 fully saturated rings. The smallest absolute Gasteiger partial charge is 0.141 e. The van der Waals surface area contributed by atoms with Crippen molar-refractivity contribution >= 4 is 0 Å². The van der Waals surface area contributed by atoms with Gasteiger partial charge in [-0.2, -0.15) is 0 Å². The minimum Gasteiger partial charge on any atom is -0.396 e. The van der Waals surface area contributed by atoms with Crippen molar-refractivity contribution in [1.29, 1.82) is 0 Å². The summed E-state index contributed by atoms with van der Waals surface area (Å²) in [4.78, 5) is 8.15. The normalized spacial score (nSPS) is 10.2. The Hall–Kier alpha value is -1.00. The monoisotopic (exact) mass is 181 g/mol. The van der Waals surface area contributed by atoms with Crippen LogP contribution in [0, 0.1) is 0 Å². The fourth-order valence-electron chi connectivity index (χ4n) is 0.983. The molecule has 0 saturated carbocycles. The molecule has 0 aliphatic rings. The summed E-state index contributed by atoms with van der Waals surface area (Å²) < 4.78 is 0. The topological polar surface area (TPSA) is 58.0 Å². The molecule has 0 radical (unpaired) electrons. The van der Waals surface area contributed by atoms with Gasteiger partial charge in [-0.3, -0.25) is 0 Å². The van der Waals surface area contributed by atoms with Crippen LogP contribution in [0.25, 0.3) is 0 Å². The van der Waals surface area contributed by atoms with Gasteiger partial charge in [0.2, 0.25) is 0 Å². The summed E-state index contributed by atoms with van der Waals surface area (Å²) in [5.74, 6) is 0.812. The quantitative estimate of drug-likeness (QED) is 0.621. The van der Waals surface area contributed by atoms with E-state index in [0.29, 0.717) is 6.54 Å². The van der Waals surface area contributed by atoms with Gasteiger partial charge < -0.3 is 10.4 Å². The van der Waals surface area contributed by atoms with E-state index in [-0.39, 0.29) is 6.61 Å². The van der Waals surface area contributed by atoms with Crippen LogP contribution >= 0.6 is 0 Å². The van der Waals surface area contributed by atoms with Crippen molar-refractivity contribution in [2.45, 2.75) is 19.4 Å². The summed E-state index contributed by atoms with van der Waals surface area (Å²) in [5, 5.41) is 11.7. The highest BCUT2D eigenvalue weighted by Crippen LogP contribution is 1.88. The first kappa shape index (κ1) is 10.1. The van der Waals surface area contributed by atoms with Crippen LogP contribution in [0.2, 0.25) is 0 Å². The second kappa shape index (κ2) is 6.51. The van der Waals surface area contributed by atoms with Gasteiger partial charge >= 0.3 is 0 Å². The molecule has 4 heteroatoms. The van der Waals surface area contributed by atoms with Crippen LogP contribution in [-0.2, 0) is 6.54 Å². The van der Waals surface area contributed by atoms with Gasteiger partial charge in [-0.15, -0.1) is 0 Å². The molecule has 1 aromatic heterocycles. The SMILES string of the molecule is OCCCCNCc1ncccn1. The van der Waals surface area contributed by atoms with E-state index < -0.39 is 0 Å². The summed E-state index contributed by atoms with van der Waals surface area (Å²) in [5.41, 5.74) is 0. The summed E-state index contributed by atoms with van der Waals surface area (Å²) in [6, 6.07) is 1.80. The number of nitrogens with one attached hydrogen (secondary N) is 1. The lowest BCUT2D eigenvalue weighted by molar-refractivity contribution is 0.283. The average Bonchev–Trinajstić information content (AvgIpc) is 2.19. The minimum atomic E-state index is 0.267. The first-order valence-electron chi connectivity index (χ1n) is 4.51. The Bertz CT molecular complexity index is 215. The summed E-state index contributed by atoms with van der Waals surface area (Å²) in [6.45, 7) is 1.87. The molecule has 1 rings (SSSR count). The standard InChI is InChI=1S/C9H15N3O/c13-7-2-1-4-10-8-9-11-5-3-6-12-9/h3,5-6,10,13H,1-2,4,7-8H2. The number of aromatic nitrogens is 2. The van der Waals surface area contributed by atoms with E-state index in [1.54, 1.807) is 18.5 Å². The predicted octanol–water partition coefficient (Wildman–Crippen LogP) is 0.339. The van der Waals surface area contributed by atoms with Crippen molar-refractivity contribution in [3.8, 4) is 0 Å². The highest BCUT2D eigenvalue weighted by Gasteiger charge is 1.92. The van der Waals surface area contributed by atoms with Gasteiger partial charge in [0.15, 0.2) is 0 Å². The molecule has 1 heterocycles. The highest BCUT2D eigenvalue weighted by molar-refractivity contribution is 4.87. The Kier molecular flexibility index (Phi) is 5.05. The van der Waals surface area contributed by atoms with Gasteiger partial charge in [-0.25, -0.2) is 9.97 Å². The highest BCUT2D eigenvalue weighted by atomic mass is 16.2. The molecule has 0 spiro atoms. The zero-order chi connectivity index (χ0) is 9.36. The van der Waals surface area contributed by atoms with Crippen LogP contribution in [0.15, 0.2) is 18.5 Å². The minimum absolute atomic E-state index is 0.267. The van der Waals surface area contributed by atoms with Crippen molar-refractivity contribution < 1.29 is 5.11 Å². The van der Waals surface area contributed by atoms with Gasteiger partial charge in [0.1, 0.15) is 5.82 Å². The van der Waals surface area contributed by atoms with E-state index in [1.807, 2.05) is 0 Å². The number of nitrogens with zero attached hydrogens (tertiary/aromatic N) is 2. The maximum atomic E-state index is 8.53. The van der Waals surface area contributed by atoms with E-state index in [2.05, 4.69) is 15.3 Å². The Morgan fingerprint density at radius 2 is 2.00 bits per heavy atom. The lowest BCUT2D eigenvalue weighted by Gasteiger charge is -2.01. The molecule has 13 heavy (non-hydrogen) atoms. The van der Waals surface area contributed by atoms with Crippen molar-refractivity contribution in [1.82, 2.24) is 15.3 Å². The predicted molar refractivity (Wildman–Crippen MR) is 50.1 cm³/mol. The Morgan fingerprint density at radius 1 is 1.23 bits per heavy atom. The van der Waals surface area contributed by atoms with Gasteiger partial charge in [0.05, 0.1) is 6.54 Å². The third-order valence-electron chi connectivity index (χ3n) is 1.66. The van der Waals surface area contributed by atoms with Crippen molar-refractivity contribution in [3.05, 3.63) is 24.3 Å². The fourth-order valence-corrected chi connectivity index (χ4v) is 0.983. The largest absolute Gasteiger partial charge is 0.396 e. The zero-order valence-electron chi connectivity index (χ0n) is 7.61. The second-order valence-corrected chi connectivity index (χ2v) is 2.77. The summed E-state index contributed by atoms with van der Waals surface area (Å²) in [6.07, 6.45) is 5.31. The average molecular weight is 181 g/mol. The number of rotatable bonds is 6. The van der Waals surface area contributed by atoms with Gasteiger partial charge in [0.25, 0.3) is 0 Å². The van der Waals surface area contributed by atoms with Crippen molar-refractivity contribution in [3.63, 3.8) is 0 Å². The Balaban J connectivity index is 2.07. The number of aliphatic hydroxyl groups is 1. The third kappa shape index (κ3) is 4.55. The molecular weight excluding hydrogens is 166 g/mol. The van der Waals surface area contributed by atoms with Gasteiger partial charge in [-0.1, -0.05) is 0 Å². The molecule has 0 aromatic carbocycles. The third-order valence-corrected chi connectivity index (χ3v) is 1.66. The fraction of sp³-hybridized carbons (Fsp3) is 0.556. The van der Waals surface area contributed by atoms with E-state index in [9.17, 15) is 0 Å². The van der Waals surface area contributed by atoms with Crippen molar-refractivity contribution in [2.24, 2.45) is 0 Å². The van der Waals surface area contributed by atoms with Gasteiger partial charge in [0, 0.05) is 19.0 Å². The molecule has 0 atom stereocenters. The number of unbranched alkanes of at least 4 members (excludes halogenated alkanes) is 1.